The van der Waals surface area contributed by atoms with Gasteiger partial charge in [-0.3, -0.25) is 0 Å². The molecular weight excluding hydrogens is 467 g/mol. The summed E-state index contributed by atoms with van der Waals surface area (Å²) >= 11 is 19.2. The highest BCUT2D eigenvalue weighted by atomic mass is 35.5. The van der Waals surface area contributed by atoms with Crippen LogP contribution in [-0.4, -0.2) is 14.8 Å². The van der Waals surface area contributed by atoms with Crippen molar-refractivity contribution in [2.45, 2.75) is 12.1 Å². The first-order valence-corrected chi connectivity index (χ1v) is 11.1. The van der Waals surface area contributed by atoms with Crippen LogP contribution in [0.1, 0.15) is 28.8 Å². The summed E-state index contributed by atoms with van der Waals surface area (Å²) in [5, 5.41) is 9.72. The monoisotopic (exact) mass is 480 g/mol. The van der Waals surface area contributed by atoms with Gasteiger partial charge in [-0.15, -0.1) is 0 Å². The van der Waals surface area contributed by atoms with Gasteiger partial charge in [0, 0.05) is 26.2 Å². The Bertz CT molecular complexity index is 1400. The van der Waals surface area contributed by atoms with E-state index < -0.39 is 6.10 Å². The molecule has 2 atom stereocenters. The Morgan fingerprint density at radius 2 is 1.75 bits per heavy atom. The second-order valence-electron chi connectivity index (χ2n) is 7.60. The molecule has 0 radical (unpaired) electrons. The molecule has 0 amide bonds. The summed E-state index contributed by atoms with van der Waals surface area (Å²) in [6.45, 7) is 0. The van der Waals surface area contributed by atoms with Crippen molar-refractivity contribution in [2.24, 2.45) is 0 Å². The summed E-state index contributed by atoms with van der Waals surface area (Å²) in [7, 11) is 0. The third-order valence-electron chi connectivity index (χ3n) is 5.73. The number of nitrogens with zero attached hydrogens (tertiary/aromatic N) is 3. The van der Waals surface area contributed by atoms with Crippen molar-refractivity contribution in [1.82, 2.24) is 14.8 Å². The van der Waals surface area contributed by atoms with Gasteiger partial charge in [-0.25, -0.2) is 4.68 Å². The van der Waals surface area contributed by atoms with Gasteiger partial charge in [0.05, 0.1) is 5.70 Å². The second-order valence-corrected chi connectivity index (χ2v) is 8.88. The van der Waals surface area contributed by atoms with E-state index in [1.807, 2.05) is 65.3 Å². The lowest BCUT2D eigenvalue weighted by atomic mass is 9.84. The van der Waals surface area contributed by atoms with Crippen LogP contribution in [-0.2, 0) is 0 Å². The molecule has 5 nitrogen and oxygen atoms in total. The zero-order valence-corrected chi connectivity index (χ0v) is 18.7. The van der Waals surface area contributed by atoms with Crippen molar-refractivity contribution in [3.8, 4) is 5.75 Å². The van der Waals surface area contributed by atoms with Crippen LogP contribution in [0.4, 0.5) is 5.95 Å². The van der Waals surface area contributed by atoms with Crippen LogP contribution >= 0.6 is 34.8 Å². The summed E-state index contributed by atoms with van der Waals surface area (Å²) in [5.41, 5.74) is 4.62. The summed E-state index contributed by atoms with van der Waals surface area (Å²) in [6, 6.07) is 20.8. The molecule has 158 valence electrons. The van der Waals surface area contributed by atoms with E-state index in [-0.39, 0.29) is 6.04 Å². The molecule has 0 fully saturated rings. The van der Waals surface area contributed by atoms with Crippen molar-refractivity contribution in [3.05, 3.63) is 110 Å². The van der Waals surface area contributed by atoms with Crippen molar-refractivity contribution < 1.29 is 4.74 Å². The molecule has 0 aliphatic carbocycles. The Labute approximate surface area is 199 Å². The maximum absolute atomic E-state index is 6.70. The Balaban J connectivity index is 1.65. The fraction of sp³-hybridized carbons (Fsp3) is 0.0833. The molecule has 32 heavy (non-hydrogen) atoms. The molecule has 3 heterocycles. The minimum Gasteiger partial charge on any atom is -0.480 e. The molecule has 0 saturated carbocycles. The molecule has 8 heteroatoms. The number of ether oxygens (including phenoxy) is 1. The number of hydrogen-bond donors (Lipinski definition) is 1. The maximum atomic E-state index is 6.70. The van der Waals surface area contributed by atoms with E-state index in [4.69, 9.17) is 39.5 Å². The van der Waals surface area contributed by atoms with Crippen LogP contribution in [0.3, 0.4) is 0 Å². The third kappa shape index (κ3) is 3.08. The van der Waals surface area contributed by atoms with E-state index in [9.17, 15) is 0 Å². The van der Waals surface area contributed by atoms with Gasteiger partial charge in [-0.1, -0.05) is 65.1 Å². The topological polar surface area (TPSA) is 52.0 Å². The highest BCUT2D eigenvalue weighted by Crippen LogP contribution is 2.51. The van der Waals surface area contributed by atoms with Gasteiger partial charge in [0.15, 0.2) is 0 Å². The number of halogens is 3. The SMILES string of the molecule is Clc1cccc([C@H]2Oc3ccccc3C3=C2[C@H](c2ccc(Cl)cc2Cl)n2ncnc2N3)c1. The van der Waals surface area contributed by atoms with Gasteiger partial charge in [0.1, 0.15) is 24.2 Å². The molecule has 0 spiro atoms. The van der Waals surface area contributed by atoms with Crippen LogP contribution in [0, 0.1) is 0 Å². The van der Waals surface area contributed by atoms with E-state index in [0.29, 0.717) is 21.0 Å². The van der Waals surface area contributed by atoms with Gasteiger partial charge < -0.3 is 10.1 Å². The normalized spacial score (nSPS) is 18.8. The van der Waals surface area contributed by atoms with E-state index in [1.54, 1.807) is 6.07 Å². The van der Waals surface area contributed by atoms with Crippen LogP contribution in [0.5, 0.6) is 5.75 Å². The largest absolute Gasteiger partial charge is 0.480 e. The van der Waals surface area contributed by atoms with Crippen molar-refractivity contribution in [2.75, 3.05) is 5.32 Å². The number of fused-ring (bicyclic) bond motifs is 3. The van der Waals surface area contributed by atoms with Gasteiger partial charge >= 0.3 is 0 Å². The molecule has 1 N–H and O–H groups in total. The van der Waals surface area contributed by atoms with E-state index in [2.05, 4.69) is 15.4 Å². The minimum absolute atomic E-state index is 0.356. The summed E-state index contributed by atoms with van der Waals surface area (Å²) in [5.74, 6) is 1.40. The predicted octanol–water partition coefficient (Wildman–Crippen LogP) is 6.80. The van der Waals surface area contributed by atoms with E-state index >= 15 is 0 Å². The molecule has 1 aromatic heterocycles. The fourth-order valence-electron chi connectivity index (χ4n) is 4.38. The minimum atomic E-state index is -0.416. The summed E-state index contributed by atoms with van der Waals surface area (Å²) in [6.07, 6.45) is 1.11. The molecule has 6 rings (SSSR count). The fourth-order valence-corrected chi connectivity index (χ4v) is 5.10. The zero-order valence-electron chi connectivity index (χ0n) is 16.5. The first-order valence-electron chi connectivity index (χ1n) is 9.97. The number of hydrogen-bond acceptors (Lipinski definition) is 4. The molecule has 0 bridgehead atoms. The molecule has 2 aliphatic heterocycles. The van der Waals surface area contributed by atoms with Gasteiger partial charge in [0.25, 0.3) is 0 Å². The van der Waals surface area contributed by atoms with Gasteiger partial charge in [-0.2, -0.15) is 10.1 Å². The Morgan fingerprint density at radius 1 is 0.906 bits per heavy atom. The van der Waals surface area contributed by atoms with Gasteiger partial charge in [0.2, 0.25) is 5.95 Å². The predicted molar refractivity (Wildman–Crippen MR) is 126 cm³/mol. The molecular formula is C24H15Cl3N4O. The Hall–Kier alpha value is -2.99. The van der Waals surface area contributed by atoms with Crippen LogP contribution < -0.4 is 10.1 Å². The summed E-state index contributed by atoms with van der Waals surface area (Å²) in [4.78, 5) is 4.43. The number of para-hydroxylation sites is 1. The molecule has 3 aromatic carbocycles. The standard InChI is InChI=1S/C24H15Cl3N4O/c25-14-5-3-4-13(10-14)23-20-21(17-6-1-2-7-19(17)32-23)30-24-28-12-29-31(24)22(20)16-9-8-15(26)11-18(16)27/h1-12,22-23H,(H,28,29,30)/t22-,23+/m0/s1. The van der Waals surface area contributed by atoms with E-state index in [0.717, 1.165) is 33.7 Å². The van der Waals surface area contributed by atoms with E-state index in [1.165, 1.54) is 6.33 Å². The highest BCUT2D eigenvalue weighted by molar-refractivity contribution is 6.35. The van der Waals surface area contributed by atoms with Crippen LogP contribution in [0.15, 0.2) is 78.6 Å². The Morgan fingerprint density at radius 3 is 2.59 bits per heavy atom. The third-order valence-corrected chi connectivity index (χ3v) is 6.53. The lowest BCUT2D eigenvalue weighted by molar-refractivity contribution is 0.223. The number of aromatic nitrogens is 3. The Kier molecular flexibility index (Phi) is 4.65. The number of rotatable bonds is 2. The molecule has 0 unspecified atom stereocenters. The second kappa shape index (κ2) is 7.55. The average Bonchev–Trinajstić information content (AvgIpc) is 3.26. The zero-order chi connectivity index (χ0) is 21.8. The number of benzene rings is 3. The quantitative estimate of drug-likeness (QED) is 0.342. The first-order chi connectivity index (χ1) is 15.6. The van der Waals surface area contributed by atoms with Crippen molar-refractivity contribution in [3.63, 3.8) is 0 Å². The number of anilines is 1. The molecule has 4 aromatic rings. The highest BCUT2D eigenvalue weighted by Gasteiger charge is 2.41. The lowest BCUT2D eigenvalue weighted by Crippen LogP contribution is -2.32. The summed E-state index contributed by atoms with van der Waals surface area (Å²) < 4.78 is 8.38. The maximum Gasteiger partial charge on any atom is 0.226 e. The van der Waals surface area contributed by atoms with Gasteiger partial charge in [-0.05, 0) is 47.5 Å². The average molecular weight is 482 g/mol. The van der Waals surface area contributed by atoms with Crippen molar-refractivity contribution in [1.29, 1.82) is 0 Å². The van der Waals surface area contributed by atoms with Crippen molar-refractivity contribution >= 4 is 46.4 Å². The molecule has 2 aliphatic rings. The number of nitrogens with one attached hydrogen (secondary N) is 1. The van der Waals surface area contributed by atoms with Crippen LogP contribution in [0.25, 0.3) is 5.70 Å². The smallest absolute Gasteiger partial charge is 0.226 e. The van der Waals surface area contributed by atoms with Crippen LogP contribution in [0.2, 0.25) is 15.1 Å². The first kappa shape index (κ1) is 19.7. The molecule has 0 saturated heterocycles. The lowest BCUT2D eigenvalue weighted by Gasteiger charge is -2.39.